The van der Waals surface area contributed by atoms with Gasteiger partial charge in [0.15, 0.2) is 0 Å². The van der Waals surface area contributed by atoms with Gasteiger partial charge in [0, 0.05) is 23.5 Å². The van der Waals surface area contributed by atoms with Gasteiger partial charge in [-0.15, -0.1) is 0 Å². The van der Waals surface area contributed by atoms with Crippen molar-refractivity contribution in [2.45, 2.75) is 6.92 Å². The van der Waals surface area contributed by atoms with Crippen LogP contribution < -0.4 is 4.90 Å². The largest absolute Gasteiger partial charge is 0.274 e. The van der Waals surface area contributed by atoms with Crippen LogP contribution in [-0.4, -0.2) is 16.7 Å². The van der Waals surface area contributed by atoms with Crippen molar-refractivity contribution in [1.29, 1.82) is 0 Å². The molecule has 0 radical (unpaired) electrons. The average Bonchev–Trinajstić information content (AvgIpc) is 3.50. The molecule has 2 fully saturated rings. The summed E-state index contributed by atoms with van der Waals surface area (Å²) >= 11 is 0. The van der Waals surface area contributed by atoms with Gasteiger partial charge in [0.05, 0.1) is 22.4 Å². The summed E-state index contributed by atoms with van der Waals surface area (Å²) < 4.78 is 0. The Hall–Kier alpha value is -4.32. The molecule has 1 heterocycles. The van der Waals surface area contributed by atoms with Crippen LogP contribution in [-0.2, 0) is 9.59 Å². The molecule has 2 aliphatic carbocycles. The zero-order chi connectivity index (χ0) is 24.3. The Kier molecular flexibility index (Phi) is 4.78. The Morgan fingerprint density at radius 3 is 1.80 bits per heavy atom. The third kappa shape index (κ3) is 3.10. The second-order valence-electron chi connectivity index (χ2n) is 9.29. The van der Waals surface area contributed by atoms with Crippen molar-refractivity contribution in [2.75, 3.05) is 4.90 Å². The first-order chi connectivity index (χ1) is 17.0. The monoisotopic (exact) mass is 462 g/mol. The first-order valence-corrected chi connectivity index (χ1v) is 11.6. The molecule has 4 atom stereocenters. The topological polar surface area (TPSA) is 80.5 Å². The molecule has 3 aliphatic rings. The van der Waals surface area contributed by atoms with Crippen LogP contribution in [0.15, 0.2) is 96.6 Å². The maximum Gasteiger partial charge on any atom is 0.274 e. The Morgan fingerprint density at radius 1 is 0.800 bits per heavy atom. The number of hydrogen-bond donors (Lipinski definition) is 0. The molecule has 6 rings (SSSR count). The van der Waals surface area contributed by atoms with Crippen LogP contribution in [0.2, 0.25) is 0 Å². The van der Waals surface area contributed by atoms with E-state index in [0.29, 0.717) is 5.56 Å². The molecule has 35 heavy (non-hydrogen) atoms. The number of amides is 2. The highest BCUT2D eigenvalue weighted by molar-refractivity contribution is 6.23. The number of anilines is 1. The molecule has 0 aromatic heterocycles. The number of aryl methyl sites for hydroxylation is 1. The summed E-state index contributed by atoms with van der Waals surface area (Å²) in [5, 5.41) is 11.5. The number of nitrogens with zero attached hydrogens (tertiary/aromatic N) is 2. The normalized spacial score (nSPS) is 24.3. The highest BCUT2D eigenvalue weighted by atomic mass is 16.6. The van der Waals surface area contributed by atoms with E-state index in [9.17, 15) is 19.7 Å². The second-order valence-corrected chi connectivity index (χ2v) is 9.29. The molecule has 172 valence electrons. The van der Waals surface area contributed by atoms with Crippen molar-refractivity contribution in [3.05, 3.63) is 123 Å². The zero-order valence-corrected chi connectivity index (χ0v) is 19.0. The summed E-state index contributed by atoms with van der Waals surface area (Å²) in [6.45, 7) is 1.64. The van der Waals surface area contributed by atoms with Gasteiger partial charge in [-0.1, -0.05) is 78.9 Å². The minimum atomic E-state index is -0.504. The lowest BCUT2D eigenvalue weighted by Gasteiger charge is -2.21. The number of carbonyl (C=O) groups is 2. The lowest BCUT2D eigenvalue weighted by Crippen LogP contribution is -2.33. The first-order valence-electron chi connectivity index (χ1n) is 11.6. The molecule has 3 aromatic carbocycles. The van der Waals surface area contributed by atoms with Crippen LogP contribution in [0.5, 0.6) is 0 Å². The fourth-order valence-electron chi connectivity index (χ4n) is 5.99. The summed E-state index contributed by atoms with van der Waals surface area (Å²) in [6.07, 6.45) is 4.11. The minimum Gasteiger partial charge on any atom is -0.274 e. The van der Waals surface area contributed by atoms with E-state index in [1.54, 1.807) is 19.1 Å². The van der Waals surface area contributed by atoms with Crippen molar-refractivity contribution < 1.29 is 14.5 Å². The van der Waals surface area contributed by atoms with E-state index < -0.39 is 16.8 Å². The van der Waals surface area contributed by atoms with Gasteiger partial charge in [-0.3, -0.25) is 19.7 Å². The van der Waals surface area contributed by atoms with Gasteiger partial charge in [0.1, 0.15) is 0 Å². The summed E-state index contributed by atoms with van der Waals surface area (Å²) in [6, 6.07) is 24.7. The van der Waals surface area contributed by atoms with Crippen LogP contribution in [0.4, 0.5) is 11.4 Å². The molecule has 1 saturated carbocycles. The van der Waals surface area contributed by atoms with Crippen molar-refractivity contribution in [3.63, 3.8) is 0 Å². The maximum absolute atomic E-state index is 13.7. The van der Waals surface area contributed by atoms with Crippen molar-refractivity contribution >= 4 is 28.8 Å². The molecule has 0 unspecified atom stereocenters. The number of nitro benzene ring substituents is 1. The number of allylic oxidation sites excluding steroid dienone is 3. The third-order valence-corrected chi connectivity index (χ3v) is 7.48. The predicted octanol–water partition coefficient (Wildman–Crippen LogP) is 5.33. The van der Waals surface area contributed by atoms with Gasteiger partial charge >= 0.3 is 0 Å². The number of hydrogen-bond acceptors (Lipinski definition) is 4. The molecule has 2 amide bonds. The number of rotatable bonds is 4. The van der Waals surface area contributed by atoms with Crippen LogP contribution in [0.25, 0.3) is 5.57 Å². The Balaban J connectivity index is 1.46. The van der Waals surface area contributed by atoms with Crippen molar-refractivity contribution in [2.24, 2.45) is 23.7 Å². The van der Waals surface area contributed by atoms with Gasteiger partial charge in [-0.2, -0.15) is 0 Å². The quantitative estimate of drug-likeness (QED) is 0.227. The highest BCUT2D eigenvalue weighted by Crippen LogP contribution is 2.59. The van der Waals surface area contributed by atoms with Crippen LogP contribution in [0.3, 0.4) is 0 Å². The van der Waals surface area contributed by atoms with Crippen molar-refractivity contribution in [1.82, 2.24) is 0 Å². The minimum absolute atomic E-state index is 0.0997. The van der Waals surface area contributed by atoms with Crippen LogP contribution in [0.1, 0.15) is 16.7 Å². The lowest BCUT2D eigenvalue weighted by molar-refractivity contribution is -0.385. The molecule has 0 spiro atoms. The van der Waals surface area contributed by atoms with E-state index in [4.69, 9.17) is 0 Å². The van der Waals surface area contributed by atoms with Gasteiger partial charge in [0.2, 0.25) is 11.8 Å². The Bertz CT molecular complexity index is 1370. The lowest BCUT2D eigenvalue weighted by atomic mass is 9.85. The van der Waals surface area contributed by atoms with E-state index >= 15 is 0 Å². The number of carbonyl (C=O) groups excluding carboxylic acids is 2. The number of imide groups is 1. The molecular weight excluding hydrogens is 440 g/mol. The van der Waals surface area contributed by atoms with Gasteiger partial charge in [-0.25, -0.2) is 4.90 Å². The number of nitro groups is 1. The zero-order valence-electron chi connectivity index (χ0n) is 19.0. The molecule has 3 aromatic rings. The summed E-state index contributed by atoms with van der Waals surface area (Å²) in [7, 11) is 0. The fraction of sp³-hybridized carbons (Fsp3) is 0.172. The van der Waals surface area contributed by atoms with Crippen LogP contribution in [0, 0.1) is 40.7 Å². The Morgan fingerprint density at radius 2 is 1.31 bits per heavy atom. The standard InChI is InChI=1S/C29H22N2O4/c1-17-12-13-20(16-23(17)31(34)35)30-28(32)26-21-14-15-22(27(26)29(30)33)25(21)24(18-8-4-2-5-9-18)19-10-6-3-7-11-19/h2-16,21-22,26-27H,1H3/t21-,22+,26+,27-. The van der Waals surface area contributed by atoms with E-state index in [-0.39, 0.29) is 35.0 Å². The Labute approximate surface area is 202 Å². The molecule has 0 N–H and O–H groups in total. The number of benzene rings is 3. The smallest absolute Gasteiger partial charge is 0.274 e. The summed E-state index contributed by atoms with van der Waals surface area (Å²) in [5.74, 6) is -1.96. The fourth-order valence-corrected chi connectivity index (χ4v) is 5.99. The van der Waals surface area contributed by atoms with Gasteiger partial charge in [-0.05, 0) is 35.3 Å². The molecule has 2 bridgehead atoms. The average molecular weight is 463 g/mol. The van der Waals surface area contributed by atoms with E-state index in [0.717, 1.165) is 27.2 Å². The van der Waals surface area contributed by atoms with Crippen molar-refractivity contribution in [3.8, 4) is 0 Å². The molecule has 1 aliphatic heterocycles. The van der Waals surface area contributed by atoms with E-state index in [1.165, 1.54) is 6.07 Å². The van der Waals surface area contributed by atoms with Crippen LogP contribution >= 0.6 is 0 Å². The first kappa shape index (κ1) is 21.2. The number of fused-ring (bicyclic) bond motifs is 5. The maximum atomic E-state index is 13.7. The molecular formula is C29H22N2O4. The SMILES string of the molecule is Cc1ccc(N2C(=O)[C@@H]3[C@H](C2=O)[C@H]2C=C[C@@H]3C2=C(c2ccccc2)c2ccccc2)cc1[N+](=O)[O-]. The highest BCUT2D eigenvalue weighted by Gasteiger charge is 2.62. The van der Waals surface area contributed by atoms with Gasteiger partial charge < -0.3 is 0 Å². The summed E-state index contributed by atoms with van der Waals surface area (Å²) in [5.41, 5.74) is 4.93. The van der Waals surface area contributed by atoms with E-state index in [1.807, 2.05) is 36.4 Å². The summed E-state index contributed by atoms with van der Waals surface area (Å²) in [4.78, 5) is 39.5. The molecule has 6 nitrogen and oxygen atoms in total. The second kappa shape index (κ2) is 7.87. The molecule has 1 saturated heterocycles. The predicted molar refractivity (Wildman–Crippen MR) is 132 cm³/mol. The van der Waals surface area contributed by atoms with E-state index in [2.05, 4.69) is 36.4 Å². The third-order valence-electron chi connectivity index (χ3n) is 7.48. The van der Waals surface area contributed by atoms with Gasteiger partial charge in [0.25, 0.3) is 5.69 Å². The molecule has 6 heteroatoms.